The molecule has 0 fully saturated rings. The number of hydrogen-bond acceptors (Lipinski definition) is 11. The predicted octanol–water partition coefficient (Wildman–Crippen LogP) is 4.18. The summed E-state index contributed by atoms with van der Waals surface area (Å²) in [5, 5.41) is 45.3. The zero-order chi connectivity index (χ0) is 42.9. The number of carbonyl (C=O) groups is 6. The lowest BCUT2D eigenvalue weighted by molar-refractivity contribution is -0.142. The van der Waals surface area contributed by atoms with E-state index in [1.54, 1.807) is 80.5 Å². The Morgan fingerprint density at radius 3 is 1.86 bits per heavy atom. The van der Waals surface area contributed by atoms with Crippen LogP contribution in [0.1, 0.15) is 91.8 Å². The van der Waals surface area contributed by atoms with E-state index in [0.717, 1.165) is 0 Å². The minimum atomic E-state index is -1.58. The predicted molar refractivity (Wildman–Crippen MR) is 209 cm³/mol. The first-order chi connectivity index (χ1) is 26.3. The summed E-state index contributed by atoms with van der Waals surface area (Å²) >= 11 is 0. The number of hydrogen-bond donors (Lipinski definition) is 8. The number of aliphatic carboxylic acids is 1. The standard InChI is InChI=1S/C40H57N5O12/c1-38(2,3)55-35(52)41-15-10-11-27-32(48)44-29(34(50)51)20-25-18-26(23(21-31(25)47)14-16-42-36(53)56-39(4,5)6)22-12-13-30(46)24(17-22)19-28(33(49)43-27)45-37(54)57-40(7,8)9/h12-13,17-18,21,27-29,46-47H,10-11,14-16,19-20H2,1-9H3,(H,41,52)(H,42,53)(H,43,49)(H,44,48)(H,45,54)(H,50,51)/t27-,28-,29-/m0/s1. The summed E-state index contributed by atoms with van der Waals surface area (Å²) in [6.07, 6.45) is -2.71. The second kappa shape index (κ2) is 18.9. The first-order valence-corrected chi connectivity index (χ1v) is 18.7. The fraction of sp³-hybridized carbons (Fsp3) is 0.550. The van der Waals surface area contributed by atoms with Gasteiger partial charge < -0.3 is 56.1 Å². The van der Waals surface area contributed by atoms with Crippen LogP contribution >= 0.6 is 0 Å². The largest absolute Gasteiger partial charge is 0.508 e. The maximum atomic E-state index is 14.0. The van der Waals surface area contributed by atoms with Crippen LogP contribution < -0.4 is 26.6 Å². The van der Waals surface area contributed by atoms with E-state index in [0.29, 0.717) is 16.7 Å². The van der Waals surface area contributed by atoms with Gasteiger partial charge >= 0.3 is 24.2 Å². The summed E-state index contributed by atoms with van der Waals surface area (Å²) in [6.45, 7) is 15.3. The van der Waals surface area contributed by atoms with E-state index in [9.17, 15) is 44.1 Å². The minimum Gasteiger partial charge on any atom is -0.508 e. The maximum absolute atomic E-state index is 14.0. The van der Waals surface area contributed by atoms with Crippen molar-refractivity contribution in [1.82, 2.24) is 26.6 Å². The van der Waals surface area contributed by atoms with E-state index in [2.05, 4.69) is 26.6 Å². The number of phenolic OH excluding ortho intramolecular Hbond substituents is 2. The Morgan fingerprint density at radius 2 is 1.28 bits per heavy atom. The normalized spacial score (nSPS) is 17.7. The Bertz CT molecular complexity index is 1810. The molecule has 2 aromatic carbocycles. The first-order valence-electron chi connectivity index (χ1n) is 18.7. The summed E-state index contributed by atoms with van der Waals surface area (Å²) in [4.78, 5) is 78.0. The van der Waals surface area contributed by atoms with E-state index >= 15 is 0 Å². The molecule has 1 aliphatic rings. The lowest BCUT2D eigenvalue weighted by Crippen LogP contribution is -2.56. The maximum Gasteiger partial charge on any atom is 0.408 e. The Kier molecular flexibility index (Phi) is 15.2. The highest BCUT2D eigenvalue weighted by Gasteiger charge is 2.32. The summed E-state index contributed by atoms with van der Waals surface area (Å²) in [7, 11) is 0. The Morgan fingerprint density at radius 1 is 0.719 bits per heavy atom. The molecule has 5 amide bonds. The molecule has 57 heavy (non-hydrogen) atoms. The van der Waals surface area contributed by atoms with Gasteiger partial charge in [-0.2, -0.15) is 0 Å². The van der Waals surface area contributed by atoms with Crippen molar-refractivity contribution >= 4 is 36.1 Å². The molecular weight excluding hydrogens is 742 g/mol. The number of nitrogens with one attached hydrogen (secondary N) is 5. The molecule has 0 spiro atoms. The van der Waals surface area contributed by atoms with Gasteiger partial charge in [0.15, 0.2) is 0 Å². The van der Waals surface area contributed by atoms with Crippen LogP contribution in [0.4, 0.5) is 14.4 Å². The number of rotatable bonds is 9. The number of alkyl carbamates (subject to hydrolysis) is 3. The average molecular weight is 800 g/mol. The van der Waals surface area contributed by atoms with Crippen molar-refractivity contribution in [3.05, 3.63) is 47.0 Å². The highest BCUT2D eigenvalue weighted by atomic mass is 16.6. The molecule has 0 aromatic heterocycles. The van der Waals surface area contributed by atoms with Gasteiger partial charge in [-0.15, -0.1) is 0 Å². The highest BCUT2D eigenvalue weighted by Crippen LogP contribution is 2.34. The van der Waals surface area contributed by atoms with Crippen LogP contribution in [-0.2, 0) is 47.9 Å². The molecule has 3 atom stereocenters. The SMILES string of the molecule is CC(C)(C)OC(=O)NCCC[C@@H]1NC(=O)[C@@H](NC(=O)OC(C)(C)C)Cc2cc(ccc2O)-c2cc(c(O)cc2CCNC(=O)OC(C)(C)C)C[C@@H](C(=O)O)NC1=O. The van der Waals surface area contributed by atoms with E-state index < -0.39 is 71.0 Å². The van der Waals surface area contributed by atoms with Gasteiger partial charge in [-0.25, -0.2) is 19.2 Å². The van der Waals surface area contributed by atoms with Crippen LogP contribution in [0.25, 0.3) is 11.1 Å². The van der Waals surface area contributed by atoms with Gasteiger partial charge in [-0.3, -0.25) is 9.59 Å². The van der Waals surface area contributed by atoms with Crippen molar-refractivity contribution in [2.75, 3.05) is 13.1 Å². The van der Waals surface area contributed by atoms with Gasteiger partial charge in [0.2, 0.25) is 11.8 Å². The third-order valence-corrected chi connectivity index (χ3v) is 8.20. The number of benzene rings is 2. The second-order valence-corrected chi connectivity index (χ2v) is 16.8. The van der Waals surface area contributed by atoms with E-state index in [4.69, 9.17) is 14.2 Å². The van der Waals surface area contributed by atoms with E-state index in [-0.39, 0.29) is 67.8 Å². The zero-order valence-corrected chi connectivity index (χ0v) is 34.1. The molecule has 0 saturated heterocycles. The van der Waals surface area contributed by atoms with Crippen LogP contribution in [0, 0.1) is 0 Å². The van der Waals surface area contributed by atoms with E-state index in [1.165, 1.54) is 12.1 Å². The van der Waals surface area contributed by atoms with Gasteiger partial charge in [-0.05, 0) is 134 Å². The summed E-state index contributed by atoms with van der Waals surface area (Å²) in [5.41, 5.74) is -0.526. The van der Waals surface area contributed by atoms with Crippen molar-refractivity contribution in [3.8, 4) is 22.6 Å². The molecular formula is C40H57N5O12. The minimum absolute atomic E-state index is 0.0352. The number of ether oxygens (including phenoxy) is 3. The van der Waals surface area contributed by atoms with Crippen molar-refractivity contribution < 1.29 is 58.3 Å². The lowest BCUT2D eigenvalue weighted by Gasteiger charge is -2.26. The third-order valence-electron chi connectivity index (χ3n) is 8.20. The lowest BCUT2D eigenvalue weighted by atomic mass is 9.90. The Labute approximate surface area is 332 Å². The monoisotopic (exact) mass is 799 g/mol. The van der Waals surface area contributed by atoms with Crippen molar-refractivity contribution in [1.29, 1.82) is 0 Å². The molecule has 0 radical (unpaired) electrons. The Hall–Kier alpha value is -5.74. The van der Waals surface area contributed by atoms with Crippen LogP contribution in [0.2, 0.25) is 0 Å². The summed E-state index contributed by atoms with van der Waals surface area (Å²) in [5.74, 6) is -3.64. The molecule has 1 aliphatic heterocycles. The summed E-state index contributed by atoms with van der Waals surface area (Å²) < 4.78 is 16.0. The van der Waals surface area contributed by atoms with Gasteiger partial charge in [0.1, 0.15) is 46.4 Å². The molecule has 0 aliphatic carbocycles. The molecule has 17 nitrogen and oxygen atoms in total. The number of carboxylic acid groups (broad SMARTS) is 1. The molecule has 8 N–H and O–H groups in total. The first kappa shape index (κ1) is 45.6. The highest BCUT2D eigenvalue weighted by molar-refractivity contribution is 5.93. The Balaban J connectivity index is 2.10. The van der Waals surface area contributed by atoms with Crippen molar-refractivity contribution in [2.24, 2.45) is 0 Å². The molecule has 3 rings (SSSR count). The molecule has 17 heteroatoms. The topological polar surface area (TPSA) is 251 Å². The molecule has 0 saturated carbocycles. The molecule has 314 valence electrons. The van der Waals surface area contributed by atoms with Crippen molar-refractivity contribution in [2.45, 2.75) is 129 Å². The van der Waals surface area contributed by atoms with E-state index in [1.807, 2.05) is 0 Å². The van der Waals surface area contributed by atoms with Gasteiger partial charge in [0.25, 0.3) is 0 Å². The van der Waals surface area contributed by atoms with Gasteiger partial charge in [-0.1, -0.05) is 6.07 Å². The fourth-order valence-electron chi connectivity index (χ4n) is 5.77. The summed E-state index contributed by atoms with van der Waals surface area (Å²) in [6, 6.07) is 3.22. The number of carboxylic acids is 1. The molecule has 4 bridgehead atoms. The number of amides is 5. The number of carbonyl (C=O) groups excluding carboxylic acids is 5. The smallest absolute Gasteiger partial charge is 0.408 e. The van der Waals surface area contributed by atoms with Crippen molar-refractivity contribution in [3.63, 3.8) is 0 Å². The second-order valence-electron chi connectivity index (χ2n) is 16.8. The quantitative estimate of drug-likeness (QED) is 0.131. The molecule has 0 unspecified atom stereocenters. The fourth-order valence-corrected chi connectivity index (χ4v) is 5.77. The number of aromatic hydroxyl groups is 2. The van der Waals surface area contributed by atoms with Crippen LogP contribution in [0.5, 0.6) is 11.5 Å². The zero-order valence-electron chi connectivity index (χ0n) is 34.1. The number of phenols is 2. The van der Waals surface area contributed by atoms with Crippen LogP contribution in [0.15, 0.2) is 30.3 Å². The molecule has 2 aromatic rings. The third kappa shape index (κ3) is 15.4. The molecule has 1 heterocycles. The average Bonchev–Trinajstić information content (AvgIpc) is 3.04. The van der Waals surface area contributed by atoms with Gasteiger partial charge in [0.05, 0.1) is 0 Å². The van der Waals surface area contributed by atoms with Crippen LogP contribution in [-0.4, -0.2) is 99.4 Å². The van der Waals surface area contributed by atoms with Crippen LogP contribution in [0.3, 0.4) is 0 Å². The van der Waals surface area contributed by atoms with Gasteiger partial charge in [0, 0.05) is 25.9 Å². The number of fused-ring (bicyclic) bond motifs is 5.